The molecular formula is C23H27F2N7O. The van der Waals surface area contributed by atoms with Crippen LogP contribution in [0.2, 0.25) is 0 Å². The van der Waals surface area contributed by atoms with E-state index in [1.54, 1.807) is 0 Å². The largest absolute Gasteiger partial charge is 0.378 e. The number of piperazine rings is 1. The van der Waals surface area contributed by atoms with Gasteiger partial charge in [0.1, 0.15) is 6.33 Å². The van der Waals surface area contributed by atoms with Crippen LogP contribution in [0.4, 0.5) is 26.1 Å². The minimum absolute atomic E-state index is 0. The molecule has 1 saturated carbocycles. The fourth-order valence-electron chi connectivity index (χ4n) is 4.48. The van der Waals surface area contributed by atoms with Crippen LogP contribution in [0.1, 0.15) is 25.7 Å². The molecule has 4 heterocycles. The Hall–Kier alpha value is -3.11. The van der Waals surface area contributed by atoms with E-state index >= 15 is 0 Å². The normalized spacial score (nSPS) is 19.5. The Kier molecular flexibility index (Phi) is 5.18. The summed E-state index contributed by atoms with van der Waals surface area (Å²) in [5.41, 5.74) is 3.66. The third-order valence-electron chi connectivity index (χ3n) is 6.57. The second-order valence-electron chi connectivity index (χ2n) is 8.91. The van der Waals surface area contributed by atoms with E-state index in [0.717, 1.165) is 57.2 Å². The standard InChI is InChI=1S/C23H25F2N7O.H2/c24-21-10-19(11-22(25)28-21)32-14-26-23(29-32)27-17-7-16(15-1-2-15)8-18(9-17)30-3-5-31(6-4-30)20-12-33-13-20;/h7-11,14-15,20H,1-6,12-13H2,(H,27,29);1H. The van der Waals surface area contributed by atoms with E-state index in [0.29, 0.717) is 17.9 Å². The number of hydrogen-bond donors (Lipinski definition) is 1. The molecule has 2 aromatic heterocycles. The van der Waals surface area contributed by atoms with Crippen molar-refractivity contribution in [3.8, 4) is 5.69 Å². The molecule has 0 spiro atoms. The summed E-state index contributed by atoms with van der Waals surface area (Å²) in [4.78, 5) is 12.3. The molecule has 1 N–H and O–H groups in total. The van der Waals surface area contributed by atoms with E-state index < -0.39 is 11.9 Å². The van der Waals surface area contributed by atoms with E-state index in [-0.39, 0.29) is 7.11 Å². The van der Waals surface area contributed by atoms with Gasteiger partial charge in [0.25, 0.3) is 0 Å². The van der Waals surface area contributed by atoms with Gasteiger partial charge in [0.05, 0.1) is 24.9 Å². The van der Waals surface area contributed by atoms with Crippen molar-refractivity contribution in [3.05, 3.63) is 54.1 Å². The highest BCUT2D eigenvalue weighted by atomic mass is 19.1. The van der Waals surface area contributed by atoms with Crippen LogP contribution in [0.3, 0.4) is 0 Å². The molecule has 0 radical (unpaired) electrons. The van der Waals surface area contributed by atoms with Crippen LogP contribution >= 0.6 is 0 Å². The zero-order valence-corrected chi connectivity index (χ0v) is 18.1. The minimum atomic E-state index is -0.901. The fourth-order valence-corrected chi connectivity index (χ4v) is 4.48. The molecule has 3 fully saturated rings. The average molecular weight is 456 g/mol. The molecule has 2 saturated heterocycles. The third kappa shape index (κ3) is 4.40. The topological polar surface area (TPSA) is 71.3 Å². The number of rotatable bonds is 6. The molecule has 8 nitrogen and oxygen atoms in total. The highest BCUT2D eigenvalue weighted by Gasteiger charge is 2.30. The number of benzene rings is 1. The van der Waals surface area contributed by atoms with Gasteiger partial charge in [-0.05, 0) is 42.5 Å². The molecule has 0 atom stereocenters. The number of nitrogens with zero attached hydrogens (tertiary/aromatic N) is 6. The summed E-state index contributed by atoms with van der Waals surface area (Å²) in [6.07, 6.45) is 3.85. The Balaban J connectivity index is 0.00000241. The second-order valence-corrected chi connectivity index (χ2v) is 8.91. The maximum Gasteiger partial charge on any atom is 0.246 e. The van der Waals surface area contributed by atoms with Crippen molar-refractivity contribution in [2.75, 3.05) is 49.6 Å². The van der Waals surface area contributed by atoms with E-state index in [1.807, 2.05) is 0 Å². The molecule has 174 valence electrons. The molecule has 0 bridgehead atoms. The smallest absolute Gasteiger partial charge is 0.246 e. The second kappa shape index (κ2) is 8.35. The van der Waals surface area contributed by atoms with E-state index in [1.165, 1.54) is 35.1 Å². The van der Waals surface area contributed by atoms with Gasteiger partial charge >= 0.3 is 0 Å². The summed E-state index contributed by atoms with van der Waals surface area (Å²) in [7, 11) is 0. The first-order chi connectivity index (χ1) is 16.1. The van der Waals surface area contributed by atoms with Crippen molar-refractivity contribution in [2.45, 2.75) is 24.8 Å². The molecule has 1 aliphatic carbocycles. The van der Waals surface area contributed by atoms with Crippen LogP contribution in [0.5, 0.6) is 0 Å². The van der Waals surface area contributed by atoms with Gasteiger partial charge in [-0.1, -0.05) is 0 Å². The zero-order chi connectivity index (χ0) is 22.4. The lowest BCUT2D eigenvalue weighted by Gasteiger charge is -2.43. The van der Waals surface area contributed by atoms with E-state index in [2.05, 4.69) is 48.4 Å². The quantitative estimate of drug-likeness (QED) is 0.572. The van der Waals surface area contributed by atoms with Crippen LogP contribution in [0.15, 0.2) is 36.7 Å². The van der Waals surface area contributed by atoms with Gasteiger partial charge in [-0.15, -0.1) is 5.10 Å². The van der Waals surface area contributed by atoms with Crippen LogP contribution in [0.25, 0.3) is 5.69 Å². The highest BCUT2D eigenvalue weighted by Crippen LogP contribution is 2.42. The number of halogens is 2. The third-order valence-corrected chi connectivity index (χ3v) is 6.57. The molecular weight excluding hydrogens is 428 g/mol. The van der Waals surface area contributed by atoms with Crippen LogP contribution < -0.4 is 10.2 Å². The van der Waals surface area contributed by atoms with Crippen LogP contribution in [-0.4, -0.2) is 70.1 Å². The molecule has 1 aromatic carbocycles. The highest BCUT2D eigenvalue weighted by molar-refractivity contribution is 5.65. The molecule has 3 aliphatic rings. The van der Waals surface area contributed by atoms with Crippen molar-refractivity contribution in [2.24, 2.45) is 0 Å². The van der Waals surface area contributed by atoms with Gasteiger partial charge in [0, 0.05) is 51.1 Å². The average Bonchev–Trinajstić information content (AvgIpc) is 3.51. The Morgan fingerprint density at radius 2 is 1.70 bits per heavy atom. The summed E-state index contributed by atoms with van der Waals surface area (Å²) in [5.74, 6) is -0.836. The Bertz CT molecular complexity index is 1140. The summed E-state index contributed by atoms with van der Waals surface area (Å²) in [5, 5.41) is 7.61. The Morgan fingerprint density at radius 1 is 0.939 bits per heavy atom. The molecule has 0 unspecified atom stereocenters. The first kappa shape index (κ1) is 20.5. The summed E-state index contributed by atoms with van der Waals surface area (Å²) in [6.45, 7) is 5.74. The summed E-state index contributed by atoms with van der Waals surface area (Å²) >= 11 is 0. The Morgan fingerprint density at radius 3 is 2.36 bits per heavy atom. The van der Waals surface area contributed by atoms with Crippen molar-refractivity contribution in [1.29, 1.82) is 0 Å². The molecule has 0 amide bonds. The maximum absolute atomic E-state index is 13.5. The van der Waals surface area contributed by atoms with Crippen molar-refractivity contribution >= 4 is 17.3 Å². The Labute approximate surface area is 191 Å². The number of hydrogen-bond acceptors (Lipinski definition) is 7. The van der Waals surface area contributed by atoms with Gasteiger partial charge in [-0.3, -0.25) is 4.90 Å². The first-order valence-electron chi connectivity index (χ1n) is 11.3. The first-order valence-corrected chi connectivity index (χ1v) is 11.3. The summed E-state index contributed by atoms with van der Waals surface area (Å²) in [6, 6.07) is 9.38. The SMILES string of the molecule is Fc1cc(-n2cnc(Nc3cc(C4CC4)cc(N4CCN(C5COC5)CC4)c3)n2)cc(F)n1.[HH]. The maximum atomic E-state index is 13.5. The number of ether oxygens (including phenoxy) is 1. The van der Waals surface area contributed by atoms with Crippen LogP contribution in [0, 0.1) is 11.9 Å². The van der Waals surface area contributed by atoms with Crippen molar-refractivity contribution < 1.29 is 14.9 Å². The lowest BCUT2D eigenvalue weighted by molar-refractivity contribution is -0.0660. The van der Waals surface area contributed by atoms with Crippen molar-refractivity contribution in [3.63, 3.8) is 0 Å². The van der Waals surface area contributed by atoms with Crippen molar-refractivity contribution in [1.82, 2.24) is 24.6 Å². The molecule has 10 heteroatoms. The molecule has 33 heavy (non-hydrogen) atoms. The monoisotopic (exact) mass is 455 g/mol. The van der Waals surface area contributed by atoms with Gasteiger partial charge in [-0.25, -0.2) is 4.68 Å². The fraction of sp³-hybridized carbons (Fsp3) is 0.435. The number of anilines is 3. The summed E-state index contributed by atoms with van der Waals surface area (Å²) < 4.78 is 33.6. The van der Waals surface area contributed by atoms with Gasteiger partial charge in [0.15, 0.2) is 0 Å². The lowest BCUT2D eigenvalue weighted by atomic mass is 10.1. The molecule has 3 aromatic rings. The number of nitrogens with one attached hydrogen (secondary N) is 1. The van der Waals surface area contributed by atoms with Gasteiger partial charge in [-0.2, -0.15) is 18.7 Å². The van der Waals surface area contributed by atoms with Gasteiger partial charge < -0.3 is 15.0 Å². The van der Waals surface area contributed by atoms with Crippen LogP contribution in [-0.2, 0) is 4.74 Å². The number of pyridine rings is 1. The predicted octanol–water partition coefficient (Wildman–Crippen LogP) is 3.33. The lowest BCUT2D eigenvalue weighted by Crippen LogP contribution is -2.56. The zero-order valence-electron chi connectivity index (χ0n) is 18.1. The van der Waals surface area contributed by atoms with E-state index in [9.17, 15) is 8.78 Å². The van der Waals surface area contributed by atoms with E-state index in [4.69, 9.17) is 4.74 Å². The molecule has 6 rings (SSSR count). The van der Waals surface area contributed by atoms with Gasteiger partial charge in [0.2, 0.25) is 17.8 Å². The predicted molar refractivity (Wildman–Crippen MR) is 121 cm³/mol. The molecule has 2 aliphatic heterocycles. The minimum Gasteiger partial charge on any atom is -0.378 e. The number of aromatic nitrogens is 4.